The zero-order valence-electron chi connectivity index (χ0n) is 20.9. The van der Waals surface area contributed by atoms with Gasteiger partial charge in [0.15, 0.2) is 11.6 Å². The molecule has 8 nitrogen and oxygen atoms in total. The van der Waals surface area contributed by atoms with E-state index in [-0.39, 0.29) is 17.7 Å². The molecule has 1 fully saturated rings. The Morgan fingerprint density at radius 3 is 2.53 bits per heavy atom. The minimum absolute atomic E-state index is 0.0597. The Labute approximate surface area is 201 Å². The lowest BCUT2D eigenvalue weighted by Gasteiger charge is -2.27. The van der Waals surface area contributed by atoms with Gasteiger partial charge in [-0.2, -0.15) is 10.1 Å². The molecule has 2 aromatic heterocycles. The molecule has 3 aromatic rings. The number of nitrogens with zero attached hydrogens (tertiary/aromatic N) is 4. The summed E-state index contributed by atoms with van der Waals surface area (Å²) in [6, 6.07) is 8.48. The molecule has 1 aliphatic carbocycles. The van der Waals surface area contributed by atoms with Gasteiger partial charge in [-0.05, 0) is 64.0 Å². The van der Waals surface area contributed by atoms with Crippen LogP contribution < -0.4 is 16.4 Å². The first kappa shape index (κ1) is 24.1. The van der Waals surface area contributed by atoms with E-state index in [1.54, 1.807) is 6.92 Å². The molecule has 0 bridgehead atoms. The van der Waals surface area contributed by atoms with Crippen LogP contribution in [-0.4, -0.2) is 37.6 Å². The molecule has 4 rings (SSSR count). The first-order chi connectivity index (χ1) is 16.2. The van der Waals surface area contributed by atoms with Crippen LogP contribution in [0.5, 0.6) is 0 Å². The largest absolute Gasteiger partial charge is 0.364 e. The maximum absolute atomic E-state index is 11.8. The molecule has 0 saturated heterocycles. The molecule has 4 N–H and O–H groups in total. The van der Waals surface area contributed by atoms with Gasteiger partial charge in [0.05, 0.1) is 5.69 Å². The molecule has 0 amide bonds. The first-order valence-corrected chi connectivity index (χ1v) is 12.4. The highest BCUT2D eigenvalue weighted by Gasteiger charge is 2.24. The predicted molar refractivity (Wildman–Crippen MR) is 137 cm³/mol. The van der Waals surface area contributed by atoms with Crippen molar-refractivity contribution in [1.29, 1.82) is 0 Å². The van der Waals surface area contributed by atoms with Crippen LogP contribution >= 0.6 is 0 Å². The van der Waals surface area contributed by atoms with Gasteiger partial charge in [-0.15, -0.1) is 0 Å². The summed E-state index contributed by atoms with van der Waals surface area (Å²) in [5.41, 5.74) is 10.6. The van der Waals surface area contributed by atoms with E-state index in [2.05, 4.69) is 38.3 Å². The number of anilines is 2. The lowest BCUT2D eigenvalue weighted by molar-refractivity contribution is 0.101. The molecule has 8 heteroatoms. The van der Waals surface area contributed by atoms with E-state index < -0.39 is 0 Å². The first-order valence-electron chi connectivity index (χ1n) is 12.4. The van der Waals surface area contributed by atoms with Gasteiger partial charge in [0.1, 0.15) is 11.0 Å². The molecular weight excluding hydrogens is 426 g/mol. The number of ketones is 1. The van der Waals surface area contributed by atoms with Gasteiger partial charge >= 0.3 is 0 Å². The van der Waals surface area contributed by atoms with E-state index in [0.717, 1.165) is 53.8 Å². The van der Waals surface area contributed by atoms with Crippen LogP contribution in [0.25, 0.3) is 11.0 Å². The van der Waals surface area contributed by atoms with Gasteiger partial charge < -0.3 is 16.4 Å². The summed E-state index contributed by atoms with van der Waals surface area (Å²) < 4.78 is 2.02. The molecule has 0 radical (unpaired) electrons. The number of hydrogen-bond donors (Lipinski definition) is 3. The Morgan fingerprint density at radius 2 is 1.88 bits per heavy atom. The van der Waals surface area contributed by atoms with Crippen LogP contribution in [0.15, 0.2) is 24.3 Å². The molecule has 0 unspecified atom stereocenters. The minimum Gasteiger partial charge on any atom is -0.364 e. The summed E-state index contributed by atoms with van der Waals surface area (Å²) in [5, 5.41) is 12.0. The number of benzene rings is 1. The lowest BCUT2D eigenvalue weighted by Crippen LogP contribution is -2.33. The van der Waals surface area contributed by atoms with Crippen molar-refractivity contribution in [2.45, 2.75) is 90.9 Å². The normalized spacial score (nSPS) is 18.6. The average molecular weight is 464 g/mol. The van der Waals surface area contributed by atoms with Crippen LogP contribution in [0, 0.1) is 0 Å². The summed E-state index contributed by atoms with van der Waals surface area (Å²) >= 11 is 0. The monoisotopic (exact) mass is 463 g/mol. The third-order valence-electron chi connectivity index (χ3n) is 6.51. The van der Waals surface area contributed by atoms with E-state index in [1.807, 2.05) is 28.9 Å². The topological polar surface area (TPSA) is 111 Å². The fourth-order valence-electron chi connectivity index (χ4n) is 4.55. The number of carbonyl (C=O) groups excluding carboxylic acids is 1. The second-order valence-corrected chi connectivity index (χ2v) is 10.0. The maximum Gasteiger partial charge on any atom is 0.225 e. The third kappa shape index (κ3) is 5.22. The fraction of sp³-hybridized carbons (Fsp3) is 0.538. The zero-order valence-corrected chi connectivity index (χ0v) is 20.9. The van der Waals surface area contributed by atoms with Gasteiger partial charge in [-0.1, -0.05) is 32.0 Å². The fourth-order valence-corrected chi connectivity index (χ4v) is 4.55. The second kappa shape index (κ2) is 10.1. The highest BCUT2D eigenvalue weighted by molar-refractivity contribution is 5.94. The van der Waals surface area contributed by atoms with Crippen molar-refractivity contribution in [3.05, 3.63) is 41.1 Å². The highest BCUT2D eigenvalue weighted by Crippen LogP contribution is 2.32. The van der Waals surface area contributed by atoms with Gasteiger partial charge in [-0.25, -0.2) is 4.98 Å². The Balaban J connectivity index is 1.72. The van der Waals surface area contributed by atoms with Crippen molar-refractivity contribution in [1.82, 2.24) is 19.7 Å². The highest BCUT2D eigenvalue weighted by atomic mass is 16.1. The molecule has 0 atom stereocenters. The summed E-state index contributed by atoms with van der Waals surface area (Å²) in [4.78, 5) is 21.7. The SMILES string of the molecule is CC(=O)c1cccc(CNc2nc(NC3CCC(N)CC3)nc3c(C(C)C)nn(C(C)C)c23)c1. The smallest absolute Gasteiger partial charge is 0.225 e. The molecule has 0 aliphatic heterocycles. The average Bonchev–Trinajstić information content (AvgIpc) is 3.19. The van der Waals surface area contributed by atoms with Gasteiger partial charge in [0.25, 0.3) is 0 Å². The minimum atomic E-state index is 0.0597. The maximum atomic E-state index is 11.8. The number of rotatable bonds is 8. The Bertz CT molecular complexity index is 1160. The van der Waals surface area contributed by atoms with E-state index in [4.69, 9.17) is 20.8 Å². The molecular formula is C26H37N7O. The van der Waals surface area contributed by atoms with Crippen LogP contribution in [0.3, 0.4) is 0 Å². The van der Waals surface area contributed by atoms with E-state index >= 15 is 0 Å². The van der Waals surface area contributed by atoms with E-state index in [9.17, 15) is 4.79 Å². The number of fused-ring (bicyclic) bond motifs is 1. The molecule has 1 saturated carbocycles. The lowest BCUT2D eigenvalue weighted by atomic mass is 9.92. The molecule has 182 valence electrons. The number of hydrogen-bond acceptors (Lipinski definition) is 7. The quantitative estimate of drug-likeness (QED) is 0.402. The second-order valence-electron chi connectivity index (χ2n) is 10.0. The Morgan fingerprint density at radius 1 is 1.15 bits per heavy atom. The van der Waals surface area contributed by atoms with Gasteiger partial charge in [0, 0.05) is 30.2 Å². The summed E-state index contributed by atoms with van der Waals surface area (Å²) in [6.45, 7) is 10.7. The Kier molecular flexibility index (Phi) is 7.16. The number of carbonyl (C=O) groups is 1. The molecule has 1 aliphatic rings. The van der Waals surface area contributed by atoms with Crippen molar-refractivity contribution in [3.8, 4) is 0 Å². The van der Waals surface area contributed by atoms with E-state index in [0.29, 0.717) is 30.1 Å². The van der Waals surface area contributed by atoms with Crippen LogP contribution in [0.2, 0.25) is 0 Å². The van der Waals surface area contributed by atoms with E-state index in [1.165, 1.54) is 0 Å². The predicted octanol–water partition coefficient (Wildman–Crippen LogP) is 5.03. The zero-order chi connectivity index (χ0) is 24.4. The van der Waals surface area contributed by atoms with Crippen molar-refractivity contribution < 1.29 is 4.79 Å². The number of Topliss-reactive ketones (excluding diaryl/α,β-unsaturated/α-hetero) is 1. The molecule has 2 heterocycles. The molecule has 1 aromatic carbocycles. The molecule has 34 heavy (non-hydrogen) atoms. The van der Waals surface area contributed by atoms with Gasteiger partial charge in [-0.3, -0.25) is 9.48 Å². The van der Waals surface area contributed by atoms with Crippen LogP contribution in [-0.2, 0) is 6.54 Å². The summed E-state index contributed by atoms with van der Waals surface area (Å²) in [5.74, 6) is 1.67. The molecule has 0 spiro atoms. The number of nitrogens with two attached hydrogens (primary N) is 1. The number of aromatic nitrogens is 4. The van der Waals surface area contributed by atoms with Gasteiger partial charge in [0.2, 0.25) is 5.95 Å². The number of nitrogens with one attached hydrogen (secondary N) is 2. The summed E-state index contributed by atoms with van der Waals surface area (Å²) in [7, 11) is 0. The van der Waals surface area contributed by atoms with Crippen molar-refractivity contribution >= 4 is 28.6 Å². The van der Waals surface area contributed by atoms with Crippen LogP contribution in [0.1, 0.15) is 93.9 Å². The third-order valence-corrected chi connectivity index (χ3v) is 6.51. The Hall–Kier alpha value is -3.00. The van der Waals surface area contributed by atoms with Crippen molar-refractivity contribution in [2.75, 3.05) is 10.6 Å². The van der Waals surface area contributed by atoms with Crippen LogP contribution in [0.4, 0.5) is 11.8 Å². The van der Waals surface area contributed by atoms with Crippen molar-refractivity contribution in [3.63, 3.8) is 0 Å². The van der Waals surface area contributed by atoms with Crippen molar-refractivity contribution in [2.24, 2.45) is 5.73 Å². The standard InChI is InChI=1S/C26H37N7O/c1-15(2)22-23-24(33(32-22)16(3)4)25(28-14-18-7-6-8-19(13-18)17(5)34)31-26(30-23)29-21-11-9-20(27)10-12-21/h6-8,13,15-16,20-21H,9-12,14,27H2,1-5H3,(H2,28,29,30,31). The summed E-state index contributed by atoms with van der Waals surface area (Å²) in [6.07, 6.45) is 4.07.